The molecule has 0 N–H and O–H groups in total. The van der Waals surface area contributed by atoms with Crippen LogP contribution >= 0.6 is 0 Å². The van der Waals surface area contributed by atoms with Gasteiger partial charge in [-0.3, -0.25) is 4.79 Å². The van der Waals surface area contributed by atoms with E-state index in [1.165, 1.54) is 57.8 Å². The third kappa shape index (κ3) is 3.42. The molecule has 4 aliphatic carbocycles. The van der Waals surface area contributed by atoms with Gasteiger partial charge in [-0.25, -0.2) is 0 Å². The number of hydrogen-bond donors (Lipinski definition) is 0. The highest BCUT2D eigenvalue weighted by atomic mass is 16.6. The highest BCUT2D eigenvalue weighted by Gasteiger charge is 2.76. The second-order valence-corrected chi connectivity index (χ2v) is 13.5. The molecule has 32 heavy (non-hydrogen) atoms. The first-order chi connectivity index (χ1) is 15.1. The average Bonchev–Trinajstić information content (AvgIpc) is 3.28. The Morgan fingerprint density at radius 3 is 2.53 bits per heavy atom. The highest BCUT2D eigenvalue weighted by Crippen LogP contribution is 2.74. The van der Waals surface area contributed by atoms with Gasteiger partial charge < -0.3 is 9.47 Å². The smallest absolute Gasteiger partial charge is 0.302 e. The van der Waals surface area contributed by atoms with Gasteiger partial charge in [0, 0.05) is 18.8 Å². The zero-order chi connectivity index (χ0) is 22.9. The lowest BCUT2D eigenvalue weighted by molar-refractivity contribution is -0.157. The summed E-state index contributed by atoms with van der Waals surface area (Å²) in [7, 11) is 0. The lowest BCUT2D eigenvalue weighted by Crippen LogP contribution is -2.59. The summed E-state index contributed by atoms with van der Waals surface area (Å²) < 4.78 is 12.3. The predicted octanol–water partition coefficient (Wildman–Crippen LogP) is 7.17. The molecule has 0 aromatic rings. The second kappa shape index (κ2) is 7.99. The maximum Gasteiger partial charge on any atom is 0.302 e. The molecule has 10 atom stereocenters. The standard InChI is InChI=1S/C29H48O3/c1-18(2)8-7-9-19(3)23-10-11-24-22-16-26-29(32-26)17-21(31-20(4)30)12-15-28(29,6)25(22)13-14-27(23,24)5/h18-19,21-26H,7-17H2,1-6H3/t19-,21-,22+,23-,24+,25+,26+,27-,28-,29+/m1/s1. The SMILES string of the molecule is CC(=O)O[C@@H]1CC[C@]2(C)[C@H]3CC[C@]4(C)[C@@H]([C@H](C)CCCC(C)C)CC[C@H]4[C@@H]3C[C@@H]3O[C@@]32C1. The van der Waals surface area contributed by atoms with Gasteiger partial charge in [-0.05, 0) is 85.9 Å². The van der Waals surface area contributed by atoms with E-state index in [1.807, 2.05) is 0 Å². The second-order valence-electron chi connectivity index (χ2n) is 13.5. The molecule has 5 aliphatic rings. The maximum atomic E-state index is 11.6. The van der Waals surface area contributed by atoms with Gasteiger partial charge in [0.1, 0.15) is 11.7 Å². The Bertz CT molecular complexity index is 732. The summed E-state index contributed by atoms with van der Waals surface area (Å²) in [5, 5.41) is 0. The van der Waals surface area contributed by atoms with E-state index >= 15 is 0 Å². The lowest BCUT2D eigenvalue weighted by atomic mass is 9.44. The molecule has 0 aromatic heterocycles. The van der Waals surface area contributed by atoms with Crippen LogP contribution in [-0.4, -0.2) is 23.8 Å². The van der Waals surface area contributed by atoms with Crippen molar-refractivity contribution in [3.05, 3.63) is 0 Å². The fourth-order valence-corrected chi connectivity index (χ4v) is 10.00. The van der Waals surface area contributed by atoms with Crippen LogP contribution in [0.15, 0.2) is 0 Å². The normalized spacial score (nSPS) is 50.1. The van der Waals surface area contributed by atoms with Crippen molar-refractivity contribution in [3.8, 4) is 0 Å². The van der Waals surface area contributed by atoms with E-state index in [-0.39, 0.29) is 23.1 Å². The molecule has 5 rings (SSSR count). The fraction of sp³-hybridized carbons (Fsp3) is 0.966. The van der Waals surface area contributed by atoms with Gasteiger partial charge in [-0.2, -0.15) is 0 Å². The Balaban J connectivity index is 1.30. The van der Waals surface area contributed by atoms with Crippen molar-refractivity contribution in [3.63, 3.8) is 0 Å². The lowest BCUT2D eigenvalue weighted by Gasteiger charge is -2.59. The number of carbonyl (C=O) groups is 1. The summed E-state index contributed by atoms with van der Waals surface area (Å²) in [5.41, 5.74) is 0.820. The van der Waals surface area contributed by atoms with Crippen LogP contribution in [-0.2, 0) is 14.3 Å². The zero-order valence-electron chi connectivity index (χ0n) is 21.6. The first kappa shape index (κ1) is 23.2. The van der Waals surface area contributed by atoms with E-state index in [0.717, 1.165) is 48.3 Å². The van der Waals surface area contributed by atoms with Crippen molar-refractivity contribution in [2.75, 3.05) is 0 Å². The Kier molecular flexibility index (Phi) is 5.79. The number of carbonyl (C=O) groups excluding carboxylic acids is 1. The molecule has 1 saturated heterocycles. The van der Waals surface area contributed by atoms with Gasteiger partial charge in [0.25, 0.3) is 0 Å². The minimum atomic E-state index is -0.131. The molecule has 0 bridgehead atoms. The minimum Gasteiger partial charge on any atom is -0.462 e. The third-order valence-corrected chi connectivity index (χ3v) is 11.6. The van der Waals surface area contributed by atoms with Gasteiger partial charge in [-0.1, -0.05) is 53.9 Å². The first-order valence-corrected chi connectivity index (χ1v) is 14.0. The van der Waals surface area contributed by atoms with E-state index in [2.05, 4.69) is 34.6 Å². The van der Waals surface area contributed by atoms with Crippen LogP contribution in [0.25, 0.3) is 0 Å². The maximum absolute atomic E-state index is 11.6. The van der Waals surface area contributed by atoms with Gasteiger partial charge in [-0.15, -0.1) is 0 Å². The number of fused-ring (bicyclic) bond motifs is 4. The molecule has 1 heterocycles. The minimum absolute atomic E-state index is 0.00240. The monoisotopic (exact) mass is 444 g/mol. The molecule has 0 unspecified atom stereocenters. The van der Waals surface area contributed by atoms with Gasteiger partial charge >= 0.3 is 5.97 Å². The third-order valence-electron chi connectivity index (χ3n) is 11.6. The molecule has 4 saturated carbocycles. The van der Waals surface area contributed by atoms with E-state index in [1.54, 1.807) is 6.92 Å². The summed E-state index contributed by atoms with van der Waals surface area (Å²) in [6, 6.07) is 0. The Morgan fingerprint density at radius 2 is 1.81 bits per heavy atom. The van der Waals surface area contributed by atoms with Crippen molar-refractivity contribution >= 4 is 5.97 Å². The summed E-state index contributed by atoms with van der Waals surface area (Å²) in [6.45, 7) is 14.1. The predicted molar refractivity (Wildman–Crippen MR) is 128 cm³/mol. The molecule has 3 heteroatoms. The molecular formula is C29H48O3. The van der Waals surface area contributed by atoms with Crippen molar-refractivity contribution in [2.45, 2.75) is 130 Å². The number of epoxide rings is 1. The van der Waals surface area contributed by atoms with Crippen LogP contribution in [0, 0.1) is 46.3 Å². The molecule has 1 spiro atoms. The Morgan fingerprint density at radius 1 is 1.03 bits per heavy atom. The van der Waals surface area contributed by atoms with E-state index < -0.39 is 0 Å². The van der Waals surface area contributed by atoms with Crippen LogP contribution in [0.4, 0.5) is 0 Å². The topological polar surface area (TPSA) is 38.8 Å². The van der Waals surface area contributed by atoms with Gasteiger partial charge in [0.15, 0.2) is 0 Å². The van der Waals surface area contributed by atoms with Crippen molar-refractivity contribution in [1.82, 2.24) is 0 Å². The molecule has 0 radical (unpaired) electrons. The summed E-state index contributed by atoms with van der Waals surface area (Å²) in [4.78, 5) is 11.6. The summed E-state index contributed by atoms with van der Waals surface area (Å²) in [6.07, 6.45) is 14.8. The molecular weight excluding hydrogens is 396 g/mol. The number of ether oxygens (including phenoxy) is 2. The van der Waals surface area contributed by atoms with E-state index in [9.17, 15) is 4.79 Å². The fourth-order valence-electron chi connectivity index (χ4n) is 10.00. The van der Waals surface area contributed by atoms with Crippen LogP contribution in [0.3, 0.4) is 0 Å². The van der Waals surface area contributed by atoms with Crippen LogP contribution in [0.5, 0.6) is 0 Å². The number of esters is 1. The largest absolute Gasteiger partial charge is 0.462 e. The van der Waals surface area contributed by atoms with E-state index in [0.29, 0.717) is 11.5 Å². The molecule has 0 amide bonds. The Labute approximate surface area is 196 Å². The van der Waals surface area contributed by atoms with Crippen molar-refractivity contribution in [2.24, 2.45) is 46.3 Å². The Hall–Kier alpha value is -0.570. The number of hydrogen-bond acceptors (Lipinski definition) is 3. The average molecular weight is 445 g/mol. The summed E-state index contributed by atoms with van der Waals surface area (Å²) in [5.74, 6) is 5.03. The summed E-state index contributed by atoms with van der Waals surface area (Å²) >= 11 is 0. The van der Waals surface area contributed by atoms with Crippen LogP contribution < -0.4 is 0 Å². The molecule has 5 fully saturated rings. The molecule has 182 valence electrons. The van der Waals surface area contributed by atoms with E-state index in [4.69, 9.17) is 9.47 Å². The van der Waals surface area contributed by atoms with Crippen LogP contribution in [0.2, 0.25) is 0 Å². The number of rotatable bonds is 6. The molecule has 3 nitrogen and oxygen atoms in total. The van der Waals surface area contributed by atoms with Gasteiger partial charge in [0.05, 0.1) is 6.10 Å². The van der Waals surface area contributed by atoms with Crippen molar-refractivity contribution in [1.29, 1.82) is 0 Å². The quantitative estimate of drug-likeness (QED) is 0.322. The highest BCUT2D eigenvalue weighted by molar-refractivity contribution is 5.66. The molecule has 1 aliphatic heterocycles. The van der Waals surface area contributed by atoms with Crippen molar-refractivity contribution < 1.29 is 14.3 Å². The van der Waals surface area contributed by atoms with Gasteiger partial charge in [0.2, 0.25) is 0 Å². The zero-order valence-corrected chi connectivity index (χ0v) is 21.6. The van der Waals surface area contributed by atoms with Crippen LogP contribution in [0.1, 0.15) is 112 Å². The molecule has 0 aromatic carbocycles. The first-order valence-electron chi connectivity index (χ1n) is 14.0.